The molecule has 4 rings (SSSR count). The van der Waals surface area contributed by atoms with Crippen LogP contribution in [0.4, 0.5) is 5.69 Å². The second-order valence-corrected chi connectivity index (χ2v) is 9.76. The van der Waals surface area contributed by atoms with Crippen molar-refractivity contribution in [1.82, 2.24) is 30.4 Å². The van der Waals surface area contributed by atoms with Crippen molar-refractivity contribution < 1.29 is 14.1 Å². The molecule has 0 saturated heterocycles. The minimum absolute atomic E-state index is 0. The zero-order valence-electron chi connectivity index (χ0n) is 23.1. The number of anilines is 1. The highest BCUT2D eigenvalue weighted by molar-refractivity contribution is 5.87. The van der Waals surface area contributed by atoms with Crippen molar-refractivity contribution in [1.29, 1.82) is 0 Å². The number of aromatic nitrogens is 2. The number of H-pyrrole nitrogens is 1. The predicted octanol–water partition coefficient (Wildman–Crippen LogP) is 2.81. The first-order valence-corrected chi connectivity index (χ1v) is 12.7. The predicted molar refractivity (Wildman–Crippen MR) is 158 cm³/mol. The largest absolute Gasteiger partial charge is 0.439 e. The molecule has 3 N–H and O–H groups in total. The molecule has 0 fully saturated rings. The fourth-order valence-corrected chi connectivity index (χ4v) is 4.33. The van der Waals surface area contributed by atoms with Gasteiger partial charge in [0.05, 0.1) is 6.54 Å². The van der Waals surface area contributed by atoms with Crippen LogP contribution in [0, 0.1) is 6.92 Å². The molecule has 2 aromatic carbocycles. The van der Waals surface area contributed by atoms with Crippen molar-refractivity contribution in [3.63, 3.8) is 0 Å². The topological polar surface area (TPSA) is 127 Å². The van der Waals surface area contributed by atoms with Crippen LogP contribution in [0.5, 0.6) is 0 Å². The van der Waals surface area contributed by atoms with E-state index in [0.29, 0.717) is 37.6 Å². The average molecular weight is 595 g/mol. The summed E-state index contributed by atoms with van der Waals surface area (Å²) in [5.41, 5.74) is 4.70. The third kappa shape index (κ3) is 8.31. The number of fused-ring (bicyclic) bond motifs is 1. The van der Waals surface area contributed by atoms with Gasteiger partial charge in [-0.05, 0) is 29.7 Å². The van der Waals surface area contributed by atoms with E-state index in [9.17, 15) is 14.4 Å². The maximum absolute atomic E-state index is 13.3. The number of nitrogens with zero attached hydrogens (tertiary/aromatic N) is 4. The highest BCUT2D eigenvalue weighted by atomic mass is 35.5. The number of aromatic amines is 1. The second kappa shape index (κ2) is 14.8. The van der Waals surface area contributed by atoms with Crippen molar-refractivity contribution in [2.24, 2.45) is 0 Å². The summed E-state index contributed by atoms with van der Waals surface area (Å²) in [6.07, 6.45) is 0. The van der Waals surface area contributed by atoms with Gasteiger partial charge in [-0.1, -0.05) is 55.4 Å². The van der Waals surface area contributed by atoms with Crippen molar-refractivity contribution >= 4 is 42.3 Å². The van der Waals surface area contributed by atoms with Crippen LogP contribution in [0.25, 0.3) is 11.4 Å². The van der Waals surface area contributed by atoms with E-state index in [0.717, 1.165) is 11.3 Å². The average Bonchev–Trinajstić information content (AvgIpc) is 3.53. The highest BCUT2D eigenvalue weighted by Gasteiger charge is 2.27. The van der Waals surface area contributed by atoms with Crippen LogP contribution < -0.4 is 16.4 Å². The number of likely N-dealkylation sites (N-methyl/N-ethyl adjacent to an activating group) is 1. The summed E-state index contributed by atoms with van der Waals surface area (Å²) in [6, 6.07) is 13.9. The summed E-state index contributed by atoms with van der Waals surface area (Å²) in [5, 5.41) is 13.8. The monoisotopic (exact) mass is 593 g/mol. The molecule has 1 aromatic heterocycles. The first kappa shape index (κ1) is 32.8. The number of hydrogen-bond donors (Lipinski definition) is 3. The Balaban J connectivity index is 0.00000280. The van der Waals surface area contributed by atoms with E-state index in [-0.39, 0.29) is 55.8 Å². The summed E-state index contributed by atoms with van der Waals surface area (Å²) in [7, 11) is 1.75. The molecule has 0 bridgehead atoms. The van der Waals surface area contributed by atoms with Crippen LogP contribution in [0.15, 0.2) is 51.8 Å². The molecule has 2 heterocycles. The number of nitrogens with one attached hydrogen (secondary N) is 3. The number of halogens is 2. The number of aryl methyl sites for hydroxylation is 1. The number of hydrazine groups is 1. The van der Waals surface area contributed by atoms with Gasteiger partial charge < -0.3 is 15.5 Å². The van der Waals surface area contributed by atoms with Gasteiger partial charge >= 0.3 is 5.76 Å². The molecular weight excluding hydrogens is 557 g/mol. The smallest absolute Gasteiger partial charge is 0.376 e. The standard InChI is InChI=1S/C27H35N7O4.2ClH/c1-18(2)28-11-12-33(17-25(36)32(4)34-15-21-7-5-6-8-22(21)16-34)24(35)14-29-23-13-20(10-9-19(23)3)26-30-27(37)38-31-26;;/h5-10,13,18,28-29H,11-12,14-17H2,1-4H3,(H,30,31,37);2*1H. The van der Waals surface area contributed by atoms with Gasteiger partial charge in [0, 0.05) is 50.5 Å². The fourth-order valence-electron chi connectivity index (χ4n) is 4.33. The zero-order valence-corrected chi connectivity index (χ0v) is 24.7. The van der Waals surface area contributed by atoms with E-state index in [1.54, 1.807) is 23.0 Å². The van der Waals surface area contributed by atoms with Gasteiger partial charge in [0.1, 0.15) is 6.54 Å². The normalized spacial score (nSPS) is 12.3. The van der Waals surface area contributed by atoms with Gasteiger partial charge in [0.15, 0.2) is 5.82 Å². The molecule has 0 atom stereocenters. The minimum Gasteiger partial charge on any atom is -0.376 e. The van der Waals surface area contributed by atoms with Crippen molar-refractivity contribution in [3.8, 4) is 11.4 Å². The molecule has 218 valence electrons. The number of amides is 2. The SMILES string of the molecule is Cc1ccc(-c2noc(=O)[nH]2)cc1NCC(=O)N(CCNC(C)C)CC(=O)N(C)N1Cc2ccccc2C1.Cl.Cl. The molecule has 0 spiro atoms. The van der Waals surface area contributed by atoms with E-state index in [4.69, 9.17) is 0 Å². The lowest BCUT2D eigenvalue weighted by Gasteiger charge is -2.31. The second-order valence-electron chi connectivity index (χ2n) is 9.76. The van der Waals surface area contributed by atoms with E-state index >= 15 is 0 Å². The lowest BCUT2D eigenvalue weighted by molar-refractivity contribution is -0.151. The van der Waals surface area contributed by atoms with Crippen LogP contribution >= 0.6 is 24.8 Å². The Morgan fingerprint density at radius 3 is 2.38 bits per heavy atom. The van der Waals surface area contributed by atoms with Gasteiger partial charge in [-0.15, -0.1) is 24.8 Å². The van der Waals surface area contributed by atoms with Crippen LogP contribution in [0.3, 0.4) is 0 Å². The van der Waals surface area contributed by atoms with Gasteiger partial charge in [0.25, 0.3) is 5.91 Å². The summed E-state index contributed by atoms with van der Waals surface area (Å²) in [6.45, 7) is 8.27. The lowest BCUT2D eigenvalue weighted by atomic mass is 10.1. The van der Waals surface area contributed by atoms with Crippen molar-refractivity contribution in [2.45, 2.75) is 39.9 Å². The highest BCUT2D eigenvalue weighted by Crippen LogP contribution is 2.24. The van der Waals surface area contributed by atoms with Crippen LogP contribution in [-0.4, -0.2) is 76.1 Å². The Morgan fingerprint density at radius 2 is 1.77 bits per heavy atom. The van der Waals surface area contributed by atoms with E-state index < -0.39 is 5.76 Å². The Bertz CT molecular complexity index is 1320. The molecule has 1 aliphatic rings. The maximum Gasteiger partial charge on any atom is 0.439 e. The van der Waals surface area contributed by atoms with Gasteiger partial charge in [-0.25, -0.2) is 9.80 Å². The summed E-state index contributed by atoms with van der Waals surface area (Å²) >= 11 is 0. The summed E-state index contributed by atoms with van der Waals surface area (Å²) in [4.78, 5) is 42.0. The number of benzene rings is 2. The Hall–Kier alpha value is -3.38. The quantitative estimate of drug-likeness (QED) is 0.310. The Morgan fingerprint density at radius 1 is 1.10 bits per heavy atom. The van der Waals surface area contributed by atoms with E-state index in [1.807, 2.05) is 50.0 Å². The molecule has 1 aliphatic heterocycles. The van der Waals surface area contributed by atoms with Gasteiger partial charge in [-0.3, -0.25) is 24.1 Å². The first-order chi connectivity index (χ1) is 18.2. The maximum atomic E-state index is 13.3. The van der Waals surface area contributed by atoms with Crippen LogP contribution in [0.1, 0.15) is 30.5 Å². The molecule has 40 heavy (non-hydrogen) atoms. The molecule has 0 unspecified atom stereocenters. The molecule has 2 amide bonds. The number of carbonyl (C=O) groups excluding carboxylic acids is 2. The molecule has 0 aliphatic carbocycles. The summed E-state index contributed by atoms with van der Waals surface area (Å²) in [5.74, 6) is -0.669. The van der Waals surface area contributed by atoms with Crippen molar-refractivity contribution in [3.05, 3.63) is 69.7 Å². The van der Waals surface area contributed by atoms with Gasteiger partial charge in [-0.2, -0.15) is 0 Å². The summed E-state index contributed by atoms with van der Waals surface area (Å²) < 4.78 is 4.60. The first-order valence-electron chi connectivity index (χ1n) is 12.7. The third-order valence-electron chi connectivity index (χ3n) is 6.60. The van der Waals surface area contributed by atoms with E-state index in [2.05, 4.69) is 37.4 Å². The molecular formula is C27H37Cl2N7O4. The fraction of sp³-hybridized carbons (Fsp3) is 0.407. The van der Waals surface area contributed by atoms with E-state index in [1.165, 1.54) is 11.1 Å². The molecule has 13 heteroatoms. The number of hydrogen-bond acceptors (Lipinski definition) is 8. The van der Waals surface area contributed by atoms with Crippen molar-refractivity contribution in [2.75, 3.05) is 38.5 Å². The van der Waals surface area contributed by atoms with Crippen LogP contribution in [-0.2, 0) is 22.7 Å². The lowest BCUT2D eigenvalue weighted by Crippen LogP contribution is -2.49. The molecule has 0 radical (unpaired) electrons. The molecule has 0 saturated carbocycles. The Kier molecular flexibility index (Phi) is 12.2. The zero-order chi connectivity index (χ0) is 27.2. The minimum atomic E-state index is -0.636. The Labute approximate surface area is 246 Å². The van der Waals surface area contributed by atoms with Gasteiger partial charge in [0.2, 0.25) is 5.91 Å². The number of carbonyl (C=O) groups is 2. The van der Waals surface area contributed by atoms with Crippen LogP contribution in [0.2, 0.25) is 0 Å². The third-order valence-corrected chi connectivity index (χ3v) is 6.60. The number of rotatable bonds is 11. The molecule has 11 nitrogen and oxygen atoms in total. The molecule has 3 aromatic rings.